The van der Waals surface area contributed by atoms with Crippen molar-refractivity contribution in [1.82, 2.24) is 10.2 Å². The van der Waals surface area contributed by atoms with Crippen LogP contribution in [0, 0.1) is 5.41 Å². The van der Waals surface area contributed by atoms with Gasteiger partial charge in [-0.1, -0.05) is 20.8 Å². The van der Waals surface area contributed by atoms with E-state index in [1.807, 2.05) is 20.8 Å². The first-order chi connectivity index (χ1) is 10.4. The maximum atomic E-state index is 12.5. The molecule has 1 rings (SSSR count). The van der Waals surface area contributed by atoms with Crippen LogP contribution in [0.25, 0.3) is 0 Å². The van der Waals surface area contributed by atoms with Gasteiger partial charge in [-0.3, -0.25) is 9.69 Å². The van der Waals surface area contributed by atoms with Crippen LogP contribution in [0.5, 0.6) is 0 Å². The summed E-state index contributed by atoms with van der Waals surface area (Å²) in [6.45, 7) is 12.9. The largest absolute Gasteiger partial charge is 0.444 e. The second-order valence-corrected chi connectivity index (χ2v) is 8.28. The highest BCUT2D eigenvalue weighted by molar-refractivity contribution is 5.87. The number of ether oxygens (including phenoxy) is 2. The number of carbonyl (C=O) groups is 2. The molecule has 0 spiro atoms. The van der Waals surface area contributed by atoms with E-state index >= 15 is 0 Å². The summed E-state index contributed by atoms with van der Waals surface area (Å²) in [5.41, 5.74) is -0.441. The number of methoxy groups -OCH3 is 1. The Bertz CT molecular complexity index is 423. The summed E-state index contributed by atoms with van der Waals surface area (Å²) in [5.74, 6) is -0.176. The highest BCUT2D eigenvalue weighted by Crippen LogP contribution is 2.24. The Hall–Kier alpha value is -1.30. The molecule has 0 unspecified atom stereocenters. The Labute approximate surface area is 139 Å². The summed E-state index contributed by atoms with van der Waals surface area (Å²) < 4.78 is 10.8. The van der Waals surface area contributed by atoms with Crippen molar-refractivity contribution in [3.8, 4) is 0 Å². The van der Waals surface area contributed by atoms with Gasteiger partial charge in [0.05, 0.1) is 6.10 Å². The Morgan fingerprint density at radius 1 is 1.17 bits per heavy atom. The van der Waals surface area contributed by atoms with Crippen LogP contribution in [0.2, 0.25) is 0 Å². The van der Waals surface area contributed by atoms with Crippen LogP contribution in [0.15, 0.2) is 0 Å². The minimum Gasteiger partial charge on any atom is -0.444 e. The van der Waals surface area contributed by atoms with E-state index in [9.17, 15) is 9.59 Å². The smallest absolute Gasteiger partial charge is 0.411 e. The second kappa shape index (κ2) is 7.51. The van der Waals surface area contributed by atoms with Crippen LogP contribution in [0.3, 0.4) is 0 Å². The van der Waals surface area contributed by atoms with Gasteiger partial charge in [-0.2, -0.15) is 0 Å². The maximum Gasteiger partial charge on any atom is 0.411 e. The minimum atomic E-state index is -0.630. The van der Waals surface area contributed by atoms with Crippen LogP contribution < -0.4 is 5.32 Å². The average molecular weight is 328 g/mol. The predicted octanol–water partition coefficient (Wildman–Crippen LogP) is 2.56. The number of nitrogens with zero attached hydrogens (tertiary/aromatic N) is 1. The Morgan fingerprint density at radius 3 is 2.26 bits per heavy atom. The quantitative estimate of drug-likeness (QED) is 0.861. The van der Waals surface area contributed by atoms with E-state index in [1.165, 1.54) is 4.90 Å². The van der Waals surface area contributed by atoms with Crippen molar-refractivity contribution < 1.29 is 19.1 Å². The van der Waals surface area contributed by atoms with Crippen molar-refractivity contribution in [3.05, 3.63) is 0 Å². The monoisotopic (exact) mass is 328 g/mol. The second-order valence-electron chi connectivity index (χ2n) is 8.28. The molecule has 2 amide bonds. The fourth-order valence-electron chi connectivity index (χ4n) is 2.51. The molecule has 134 valence electrons. The first kappa shape index (κ1) is 19.7. The van der Waals surface area contributed by atoms with Gasteiger partial charge in [0.2, 0.25) is 5.91 Å². The zero-order valence-electron chi connectivity index (χ0n) is 15.6. The molecule has 6 nitrogen and oxygen atoms in total. The van der Waals surface area contributed by atoms with E-state index in [2.05, 4.69) is 26.1 Å². The highest BCUT2D eigenvalue weighted by Gasteiger charge is 2.43. The lowest BCUT2D eigenvalue weighted by Gasteiger charge is -2.29. The lowest BCUT2D eigenvalue weighted by atomic mass is 9.92. The van der Waals surface area contributed by atoms with Gasteiger partial charge in [-0.25, -0.2) is 4.79 Å². The molecule has 0 aromatic rings. The molecular formula is C17H32N2O4. The lowest BCUT2D eigenvalue weighted by Crippen LogP contribution is -2.52. The van der Waals surface area contributed by atoms with Gasteiger partial charge in [0.1, 0.15) is 11.6 Å². The standard InChI is InChI=1S/C17H32N2O4/c1-16(2,3)9-10-18-14(20)13-12(22-7)8-11-19(13)15(21)23-17(4,5)6/h12-13H,8-11H2,1-7H3,(H,18,20)/t12-,13+/m1/s1. The van der Waals surface area contributed by atoms with Crippen molar-refractivity contribution in [2.45, 2.75) is 72.1 Å². The molecule has 2 atom stereocenters. The van der Waals surface area contributed by atoms with Crippen molar-refractivity contribution in [3.63, 3.8) is 0 Å². The molecule has 0 aromatic carbocycles. The molecule has 1 N–H and O–H groups in total. The van der Waals surface area contributed by atoms with Crippen LogP contribution in [0.1, 0.15) is 54.4 Å². The Balaban J connectivity index is 2.72. The highest BCUT2D eigenvalue weighted by atomic mass is 16.6. The molecule has 0 radical (unpaired) electrons. The van der Waals surface area contributed by atoms with E-state index in [0.717, 1.165) is 6.42 Å². The third kappa shape index (κ3) is 6.37. The van der Waals surface area contributed by atoms with E-state index in [1.54, 1.807) is 7.11 Å². The topological polar surface area (TPSA) is 67.9 Å². The van der Waals surface area contributed by atoms with Crippen LogP contribution in [-0.2, 0) is 14.3 Å². The number of hydrogen-bond acceptors (Lipinski definition) is 4. The van der Waals surface area contributed by atoms with Crippen LogP contribution >= 0.6 is 0 Å². The summed E-state index contributed by atoms with van der Waals surface area (Å²) in [6.07, 6.45) is 0.744. The van der Waals surface area contributed by atoms with E-state index in [-0.39, 0.29) is 17.4 Å². The zero-order valence-corrected chi connectivity index (χ0v) is 15.6. The van der Waals surface area contributed by atoms with Gasteiger partial charge in [-0.15, -0.1) is 0 Å². The molecule has 23 heavy (non-hydrogen) atoms. The lowest BCUT2D eigenvalue weighted by molar-refractivity contribution is -0.128. The van der Waals surface area contributed by atoms with Gasteiger partial charge in [0.25, 0.3) is 0 Å². The van der Waals surface area contributed by atoms with Gasteiger partial charge in [-0.05, 0) is 39.0 Å². The van der Waals surface area contributed by atoms with Crippen molar-refractivity contribution in [1.29, 1.82) is 0 Å². The normalized spacial score (nSPS) is 22.1. The summed E-state index contributed by atoms with van der Waals surface area (Å²) in [5, 5.41) is 2.92. The molecule has 1 aliphatic heterocycles. The van der Waals surface area contributed by atoms with Gasteiger partial charge in [0, 0.05) is 20.2 Å². The molecule has 1 saturated heterocycles. The fourth-order valence-corrected chi connectivity index (χ4v) is 2.51. The fraction of sp³-hybridized carbons (Fsp3) is 0.882. The van der Waals surface area contributed by atoms with Crippen molar-refractivity contribution >= 4 is 12.0 Å². The number of hydrogen-bond donors (Lipinski definition) is 1. The van der Waals surface area contributed by atoms with E-state index in [0.29, 0.717) is 19.5 Å². The molecule has 0 saturated carbocycles. The van der Waals surface area contributed by atoms with Gasteiger partial charge >= 0.3 is 6.09 Å². The number of nitrogens with one attached hydrogen (secondary N) is 1. The van der Waals surface area contributed by atoms with Crippen LogP contribution in [-0.4, -0.2) is 54.8 Å². The summed E-state index contributed by atoms with van der Waals surface area (Å²) in [4.78, 5) is 26.4. The molecule has 1 heterocycles. The molecule has 0 aliphatic carbocycles. The number of likely N-dealkylation sites (tertiary alicyclic amines) is 1. The zero-order chi connectivity index (χ0) is 17.8. The molecule has 0 aromatic heterocycles. The first-order valence-electron chi connectivity index (χ1n) is 8.25. The van der Waals surface area contributed by atoms with E-state index in [4.69, 9.17) is 9.47 Å². The van der Waals surface area contributed by atoms with Crippen molar-refractivity contribution in [2.75, 3.05) is 20.2 Å². The number of amides is 2. The SMILES string of the molecule is CO[C@@H]1CCN(C(=O)OC(C)(C)C)[C@@H]1C(=O)NCCC(C)(C)C. The van der Waals surface area contributed by atoms with Gasteiger partial charge in [0.15, 0.2) is 0 Å². The Kier molecular flexibility index (Phi) is 6.45. The maximum absolute atomic E-state index is 12.5. The average Bonchev–Trinajstić information content (AvgIpc) is 2.78. The van der Waals surface area contributed by atoms with E-state index < -0.39 is 17.7 Å². The molecule has 6 heteroatoms. The summed E-state index contributed by atoms with van der Waals surface area (Å²) in [7, 11) is 1.57. The Morgan fingerprint density at radius 2 is 1.78 bits per heavy atom. The third-order valence-electron chi connectivity index (χ3n) is 3.72. The molecule has 1 fully saturated rings. The number of carbonyl (C=O) groups excluding carboxylic acids is 2. The summed E-state index contributed by atoms with van der Waals surface area (Å²) >= 11 is 0. The number of rotatable bonds is 4. The third-order valence-corrected chi connectivity index (χ3v) is 3.72. The first-order valence-corrected chi connectivity index (χ1v) is 8.25. The summed E-state index contributed by atoms with van der Waals surface area (Å²) in [6, 6.07) is -0.630. The molecule has 0 bridgehead atoms. The minimum absolute atomic E-state index is 0.147. The molecule has 1 aliphatic rings. The van der Waals surface area contributed by atoms with Crippen LogP contribution in [0.4, 0.5) is 4.79 Å². The van der Waals surface area contributed by atoms with Gasteiger partial charge < -0.3 is 14.8 Å². The van der Waals surface area contributed by atoms with Crippen molar-refractivity contribution in [2.24, 2.45) is 5.41 Å². The molecular weight excluding hydrogens is 296 g/mol. The predicted molar refractivity (Wildman–Crippen MR) is 89.2 cm³/mol.